The molecule has 0 fully saturated rings. The van der Waals surface area contributed by atoms with Gasteiger partial charge in [0.25, 0.3) is 0 Å². The number of rotatable bonds is 6. The van der Waals surface area contributed by atoms with Crippen molar-refractivity contribution in [2.24, 2.45) is 0 Å². The molecule has 0 bridgehead atoms. The molecule has 0 aliphatic carbocycles. The Hall–Kier alpha value is -3.16. The second kappa shape index (κ2) is 8.30. The third-order valence-corrected chi connectivity index (χ3v) is 5.24. The fourth-order valence-electron chi connectivity index (χ4n) is 3.80. The summed E-state index contributed by atoms with van der Waals surface area (Å²) < 4.78 is 7.41. The Labute approximate surface area is 176 Å². The minimum absolute atomic E-state index is 0.0144. The third kappa shape index (κ3) is 3.46. The molecule has 1 aliphatic heterocycles. The number of aromatic nitrogens is 4. The van der Waals surface area contributed by atoms with Crippen LogP contribution in [0.5, 0.6) is 0 Å². The number of imidazole rings is 1. The van der Waals surface area contributed by atoms with Crippen molar-refractivity contribution < 1.29 is 9.32 Å². The molecule has 0 saturated heterocycles. The van der Waals surface area contributed by atoms with Gasteiger partial charge in [0.05, 0.1) is 23.6 Å². The molecule has 30 heavy (non-hydrogen) atoms. The number of anilines is 1. The lowest BCUT2D eigenvalue weighted by Crippen LogP contribution is -2.45. The van der Waals surface area contributed by atoms with E-state index in [1.807, 2.05) is 52.5 Å². The Bertz CT molecular complexity index is 1030. The van der Waals surface area contributed by atoms with Crippen molar-refractivity contribution in [1.82, 2.24) is 24.6 Å². The summed E-state index contributed by atoms with van der Waals surface area (Å²) in [6.45, 7) is 10.1. The molecule has 1 aromatic carbocycles. The number of carbonyl (C=O) groups excluding carboxylic acids is 1. The quantitative estimate of drug-likeness (QED) is 0.595. The van der Waals surface area contributed by atoms with Crippen LogP contribution < -0.4 is 4.90 Å². The fourth-order valence-corrected chi connectivity index (χ4v) is 3.80. The average molecular weight is 409 g/mol. The highest BCUT2D eigenvalue weighted by Gasteiger charge is 2.32. The highest BCUT2D eigenvalue weighted by molar-refractivity contribution is 5.95. The van der Waals surface area contributed by atoms with Crippen molar-refractivity contribution in [3.63, 3.8) is 0 Å². The van der Waals surface area contributed by atoms with Crippen molar-refractivity contribution in [3.8, 4) is 17.2 Å². The first kappa shape index (κ1) is 20.1. The molecular formula is C22H28N6O2. The molecule has 8 nitrogen and oxygen atoms in total. The first-order valence-corrected chi connectivity index (χ1v) is 10.6. The van der Waals surface area contributed by atoms with E-state index in [2.05, 4.69) is 29.0 Å². The number of para-hydroxylation sites is 2. The molecule has 3 aromatic rings. The minimum atomic E-state index is 0.0144. The second-order valence-corrected chi connectivity index (χ2v) is 7.87. The van der Waals surface area contributed by atoms with E-state index >= 15 is 0 Å². The van der Waals surface area contributed by atoms with E-state index in [0.29, 0.717) is 24.0 Å². The van der Waals surface area contributed by atoms with E-state index in [-0.39, 0.29) is 11.9 Å². The number of nitrogens with zero attached hydrogens (tertiary/aromatic N) is 6. The van der Waals surface area contributed by atoms with Crippen molar-refractivity contribution >= 4 is 11.7 Å². The Morgan fingerprint density at radius 3 is 2.50 bits per heavy atom. The zero-order chi connectivity index (χ0) is 21.3. The van der Waals surface area contributed by atoms with Gasteiger partial charge < -0.3 is 9.42 Å². The van der Waals surface area contributed by atoms with Crippen LogP contribution >= 0.6 is 0 Å². The van der Waals surface area contributed by atoms with Crippen LogP contribution in [0, 0.1) is 0 Å². The van der Waals surface area contributed by atoms with Gasteiger partial charge in [-0.3, -0.25) is 9.47 Å². The number of hydrogen-bond donors (Lipinski definition) is 0. The molecule has 0 unspecified atom stereocenters. The van der Waals surface area contributed by atoms with Gasteiger partial charge in [-0.05, 0) is 25.0 Å². The largest absolute Gasteiger partial charge is 0.339 e. The van der Waals surface area contributed by atoms with Gasteiger partial charge in [-0.15, -0.1) is 0 Å². The summed E-state index contributed by atoms with van der Waals surface area (Å²) in [6.07, 6.45) is 3.61. The Morgan fingerprint density at radius 1 is 1.17 bits per heavy atom. The second-order valence-electron chi connectivity index (χ2n) is 7.87. The molecule has 8 heteroatoms. The highest BCUT2D eigenvalue weighted by atomic mass is 16.5. The van der Waals surface area contributed by atoms with Crippen LogP contribution in [0.25, 0.3) is 17.2 Å². The monoisotopic (exact) mass is 408 g/mol. The first-order valence-electron chi connectivity index (χ1n) is 10.6. The average Bonchev–Trinajstić information content (AvgIpc) is 3.39. The molecular weight excluding hydrogens is 380 g/mol. The Morgan fingerprint density at radius 2 is 1.87 bits per heavy atom. The van der Waals surface area contributed by atoms with Gasteiger partial charge in [0.15, 0.2) is 0 Å². The predicted molar refractivity (Wildman–Crippen MR) is 115 cm³/mol. The normalized spacial score (nSPS) is 12.8. The lowest BCUT2D eigenvalue weighted by Gasteiger charge is -2.35. The van der Waals surface area contributed by atoms with Crippen LogP contribution in [-0.4, -0.2) is 43.7 Å². The Balaban J connectivity index is 1.76. The van der Waals surface area contributed by atoms with Crippen LogP contribution in [0.2, 0.25) is 0 Å². The van der Waals surface area contributed by atoms with Gasteiger partial charge >= 0.3 is 6.03 Å². The van der Waals surface area contributed by atoms with Crippen molar-refractivity contribution in [2.45, 2.75) is 53.0 Å². The van der Waals surface area contributed by atoms with Gasteiger partial charge in [-0.1, -0.05) is 45.0 Å². The first-order chi connectivity index (χ1) is 14.5. The summed E-state index contributed by atoms with van der Waals surface area (Å²) >= 11 is 0. The van der Waals surface area contributed by atoms with E-state index in [9.17, 15) is 4.79 Å². The van der Waals surface area contributed by atoms with E-state index in [4.69, 9.17) is 4.52 Å². The molecule has 1 aliphatic rings. The number of fused-ring (bicyclic) bond motifs is 3. The van der Waals surface area contributed by atoms with Crippen molar-refractivity contribution in [3.05, 3.63) is 42.2 Å². The van der Waals surface area contributed by atoms with Crippen LogP contribution in [0.4, 0.5) is 10.5 Å². The summed E-state index contributed by atoms with van der Waals surface area (Å²) in [7, 11) is 0. The molecule has 4 rings (SSSR count). The molecule has 0 saturated carbocycles. The summed E-state index contributed by atoms with van der Waals surface area (Å²) in [5, 5.41) is 4.13. The minimum Gasteiger partial charge on any atom is -0.339 e. The topological polar surface area (TPSA) is 80.3 Å². The summed E-state index contributed by atoms with van der Waals surface area (Å²) in [5.41, 5.74) is 3.33. The summed E-state index contributed by atoms with van der Waals surface area (Å²) in [6, 6.07) is 7.93. The fraction of sp³-hybridized carbons (Fsp3) is 0.455. The van der Waals surface area contributed by atoms with E-state index in [0.717, 1.165) is 43.0 Å². The smallest absolute Gasteiger partial charge is 0.324 e. The number of hydrogen-bond acceptors (Lipinski definition) is 5. The van der Waals surface area contributed by atoms with E-state index < -0.39 is 0 Å². The standard InChI is InChI=1S/C22H28N6O2/c1-5-11-26(12-6-2)22(29)27-13-18-19(20-24-21(15(3)4)30-25-20)23-14-28(18)17-10-8-7-9-16(17)27/h7-10,14-15H,5-6,11-13H2,1-4H3. The molecule has 2 amide bonds. The summed E-state index contributed by atoms with van der Waals surface area (Å²) in [4.78, 5) is 26.3. The van der Waals surface area contributed by atoms with Crippen LogP contribution in [0.1, 0.15) is 58.0 Å². The maximum absolute atomic E-state index is 13.5. The molecule has 0 atom stereocenters. The zero-order valence-corrected chi connectivity index (χ0v) is 18.0. The summed E-state index contributed by atoms with van der Waals surface area (Å²) in [5.74, 6) is 1.17. The van der Waals surface area contributed by atoms with Crippen molar-refractivity contribution in [1.29, 1.82) is 0 Å². The number of carbonyl (C=O) groups is 1. The maximum Gasteiger partial charge on any atom is 0.324 e. The molecule has 158 valence electrons. The van der Waals surface area contributed by atoms with E-state index in [1.165, 1.54) is 0 Å². The highest BCUT2D eigenvalue weighted by Crippen LogP contribution is 2.36. The van der Waals surface area contributed by atoms with Crippen LogP contribution in [-0.2, 0) is 6.54 Å². The number of amides is 2. The zero-order valence-electron chi connectivity index (χ0n) is 18.0. The van der Waals surface area contributed by atoms with E-state index in [1.54, 1.807) is 6.33 Å². The van der Waals surface area contributed by atoms with Gasteiger partial charge in [0.2, 0.25) is 11.7 Å². The van der Waals surface area contributed by atoms with Crippen molar-refractivity contribution in [2.75, 3.05) is 18.0 Å². The predicted octanol–water partition coefficient (Wildman–Crippen LogP) is 4.61. The van der Waals surface area contributed by atoms with Crippen LogP contribution in [0.15, 0.2) is 35.1 Å². The molecule has 0 N–H and O–H groups in total. The van der Waals surface area contributed by atoms with Gasteiger partial charge in [0, 0.05) is 19.0 Å². The lowest BCUT2D eigenvalue weighted by atomic mass is 10.1. The SMILES string of the molecule is CCCN(CCC)C(=O)N1Cc2c(-c3noc(C(C)C)n3)ncn2-c2ccccc21. The molecule has 2 aromatic heterocycles. The van der Waals surface area contributed by atoms with Gasteiger partial charge in [0.1, 0.15) is 12.0 Å². The van der Waals surface area contributed by atoms with Gasteiger partial charge in [-0.25, -0.2) is 9.78 Å². The van der Waals surface area contributed by atoms with Gasteiger partial charge in [-0.2, -0.15) is 4.98 Å². The lowest BCUT2D eigenvalue weighted by molar-refractivity contribution is 0.204. The third-order valence-electron chi connectivity index (χ3n) is 5.24. The molecule has 0 radical (unpaired) electrons. The molecule has 3 heterocycles. The maximum atomic E-state index is 13.5. The molecule has 0 spiro atoms. The number of urea groups is 1. The Kier molecular flexibility index (Phi) is 5.57. The number of benzene rings is 1. The van der Waals surface area contributed by atoms with Crippen LogP contribution in [0.3, 0.4) is 0 Å².